The van der Waals surface area contributed by atoms with E-state index in [0.717, 1.165) is 4.68 Å². The van der Waals surface area contributed by atoms with Crippen molar-refractivity contribution in [2.45, 2.75) is 70.6 Å². The van der Waals surface area contributed by atoms with Gasteiger partial charge in [-0.25, -0.2) is 21.8 Å². The lowest BCUT2D eigenvalue weighted by atomic mass is 10.0. The van der Waals surface area contributed by atoms with Crippen LogP contribution in [-0.2, 0) is 21.4 Å². The van der Waals surface area contributed by atoms with Gasteiger partial charge in [-0.05, 0) is 52.0 Å². The van der Waals surface area contributed by atoms with Gasteiger partial charge in [-0.2, -0.15) is 0 Å². The highest BCUT2D eigenvalue weighted by Crippen LogP contribution is 2.45. The van der Waals surface area contributed by atoms with Crippen LogP contribution in [0.2, 0.25) is 0 Å². The van der Waals surface area contributed by atoms with Gasteiger partial charge in [0.05, 0.1) is 18.9 Å². The minimum Gasteiger partial charge on any atom is -0.493 e. The molecular weight excluding hydrogens is 541 g/mol. The summed E-state index contributed by atoms with van der Waals surface area (Å²) in [5.41, 5.74) is -0.377. The van der Waals surface area contributed by atoms with Crippen molar-refractivity contribution in [3.05, 3.63) is 45.5 Å². The number of halogens is 1. The van der Waals surface area contributed by atoms with E-state index in [1.165, 1.54) is 22.5 Å². The summed E-state index contributed by atoms with van der Waals surface area (Å²) >= 11 is 0. The highest BCUT2D eigenvalue weighted by atomic mass is 32.2. The molecule has 1 unspecified atom stereocenters. The highest BCUT2D eigenvalue weighted by molar-refractivity contribution is 7.92. The summed E-state index contributed by atoms with van der Waals surface area (Å²) < 4.78 is 49.9. The second-order valence-electron chi connectivity index (χ2n) is 10.9. The number of piperazine rings is 1. The third-order valence-corrected chi connectivity index (χ3v) is 9.95. The molecule has 1 aromatic heterocycles. The lowest BCUT2D eigenvalue weighted by molar-refractivity contribution is -0.133. The Morgan fingerprint density at radius 3 is 2.62 bits per heavy atom. The van der Waals surface area contributed by atoms with Crippen LogP contribution in [0.5, 0.6) is 5.75 Å². The topological polar surface area (TPSA) is 122 Å². The first kappa shape index (κ1) is 26.7. The quantitative estimate of drug-likeness (QED) is 0.500. The van der Waals surface area contributed by atoms with E-state index in [4.69, 9.17) is 4.74 Å². The van der Waals surface area contributed by atoms with E-state index >= 15 is 0 Å². The Morgan fingerprint density at radius 2 is 1.90 bits per heavy atom. The summed E-state index contributed by atoms with van der Waals surface area (Å²) in [5.74, 6) is -1.46. The van der Waals surface area contributed by atoms with E-state index < -0.39 is 39.1 Å². The van der Waals surface area contributed by atoms with E-state index in [0.29, 0.717) is 50.8 Å². The molecule has 0 spiro atoms. The molecule has 0 radical (unpaired) electrons. The van der Waals surface area contributed by atoms with Crippen LogP contribution in [0.4, 0.5) is 15.9 Å². The molecule has 1 aromatic carbocycles. The van der Waals surface area contributed by atoms with Crippen LogP contribution in [-0.4, -0.2) is 78.4 Å². The fourth-order valence-electron chi connectivity index (χ4n) is 5.96. The molecule has 2 atom stereocenters. The number of likely N-dealkylation sites (N-methyl/N-ethyl adjacent to an activating group) is 1. The van der Waals surface area contributed by atoms with Crippen molar-refractivity contribution < 1.29 is 27.1 Å². The number of nitrogens with zero attached hydrogens (tertiary/aromatic N) is 5. The van der Waals surface area contributed by atoms with Crippen LogP contribution in [0.3, 0.4) is 0 Å². The largest absolute Gasteiger partial charge is 0.493 e. The van der Waals surface area contributed by atoms with Gasteiger partial charge in [-0.15, -0.1) is 5.10 Å². The van der Waals surface area contributed by atoms with E-state index in [9.17, 15) is 27.2 Å². The van der Waals surface area contributed by atoms with E-state index in [1.807, 2.05) is 13.8 Å². The molecule has 2 bridgehead atoms. The number of fused-ring (bicyclic) bond motifs is 7. The van der Waals surface area contributed by atoms with Gasteiger partial charge in [-0.1, -0.05) is 6.07 Å². The summed E-state index contributed by atoms with van der Waals surface area (Å²) in [6.07, 6.45) is 2.78. The van der Waals surface area contributed by atoms with Crippen LogP contribution >= 0.6 is 0 Å². The number of hydrogen-bond acceptors (Lipinski definition) is 8. The number of carbonyl (C=O) groups is 2. The smallest absolute Gasteiger partial charge is 0.280 e. The summed E-state index contributed by atoms with van der Waals surface area (Å²) in [7, 11) is -3.88. The predicted molar refractivity (Wildman–Crippen MR) is 145 cm³/mol. The predicted octanol–water partition coefficient (Wildman–Crippen LogP) is 1.91. The fourth-order valence-corrected chi connectivity index (χ4v) is 7.78. The SMILES string of the molecule is CCN1C[C@H](C)N2c3c4nn(c(=O)c3C(=O)C2C1=O)Cc1ccc(F)cc1OCCCCCS(=O)(=O)N4C1CC1. The molecule has 2 fully saturated rings. The number of amides is 1. The van der Waals surface area contributed by atoms with Crippen molar-refractivity contribution in [2.75, 3.05) is 34.7 Å². The average molecular weight is 574 g/mol. The van der Waals surface area contributed by atoms with Crippen LogP contribution < -0.4 is 19.5 Å². The lowest BCUT2D eigenvalue weighted by Crippen LogP contribution is -2.61. The van der Waals surface area contributed by atoms with Gasteiger partial charge in [0.1, 0.15) is 22.8 Å². The molecule has 4 aliphatic rings. The summed E-state index contributed by atoms with van der Waals surface area (Å²) in [6, 6.07) is 2.03. The first-order valence-corrected chi connectivity index (χ1v) is 15.4. The number of rotatable bonds is 2. The second-order valence-corrected chi connectivity index (χ2v) is 12.9. The molecule has 0 N–H and O–H groups in total. The number of Topliss-reactive ketones (excluding diaryl/α,β-unsaturated/α-hetero) is 1. The monoisotopic (exact) mass is 573 g/mol. The average Bonchev–Trinajstić information content (AvgIpc) is 3.68. The third kappa shape index (κ3) is 4.34. The maximum Gasteiger partial charge on any atom is 0.280 e. The minimum atomic E-state index is -3.88. The van der Waals surface area contributed by atoms with Crippen molar-refractivity contribution in [2.24, 2.45) is 0 Å². The number of sulfonamides is 1. The van der Waals surface area contributed by atoms with Crippen LogP contribution in [0.25, 0.3) is 0 Å². The lowest BCUT2D eigenvalue weighted by Gasteiger charge is -2.42. The zero-order valence-electron chi connectivity index (χ0n) is 22.5. The second kappa shape index (κ2) is 9.86. The van der Waals surface area contributed by atoms with Crippen molar-refractivity contribution in [1.82, 2.24) is 14.7 Å². The van der Waals surface area contributed by atoms with Crippen molar-refractivity contribution >= 4 is 33.2 Å². The Morgan fingerprint density at radius 1 is 1.12 bits per heavy atom. The van der Waals surface area contributed by atoms with Crippen molar-refractivity contribution in [3.8, 4) is 5.75 Å². The molecule has 1 amide bonds. The van der Waals surface area contributed by atoms with Gasteiger partial charge < -0.3 is 14.5 Å². The zero-order chi connectivity index (χ0) is 28.3. The molecule has 214 valence electrons. The summed E-state index contributed by atoms with van der Waals surface area (Å²) in [6.45, 7) is 4.49. The highest BCUT2D eigenvalue weighted by Gasteiger charge is 2.54. The Kier molecular flexibility index (Phi) is 6.59. The van der Waals surface area contributed by atoms with Gasteiger partial charge in [0, 0.05) is 36.8 Å². The molecule has 6 rings (SSSR count). The van der Waals surface area contributed by atoms with Crippen LogP contribution in [0.15, 0.2) is 23.0 Å². The minimum absolute atomic E-state index is 0.000752. The molecule has 1 aliphatic carbocycles. The third-order valence-electron chi connectivity index (χ3n) is 8.07. The van der Waals surface area contributed by atoms with Crippen LogP contribution in [0.1, 0.15) is 61.9 Å². The number of aromatic nitrogens is 2. The Hall–Kier alpha value is -3.48. The first-order valence-electron chi connectivity index (χ1n) is 13.8. The number of carbonyl (C=O) groups excluding carboxylic acids is 2. The van der Waals surface area contributed by atoms with Gasteiger partial charge in [0.15, 0.2) is 11.9 Å². The van der Waals surface area contributed by atoms with E-state index in [2.05, 4.69) is 5.10 Å². The number of hydrogen-bond donors (Lipinski definition) is 0. The molecule has 11 nitrogen and oxygen atoms in total. The number of ketones is 1. The van der Waals surface area contributed by atoms with Gasteiger partial charge in [0.2, 0.25) is 15.8 Å². The molecule has 13 heteroatoms. The Labute approximate surface area is 231 Å². The summed E-state index contributed by atoms with van der Waals surface area (Å²) in [4.78, 5) is 44.3. The fraction of sp³-hybridized carbons (Fsp3) is 0.556. The normalized spacial score (nSPS) is 24.6. The zero-order valence-corrected chi connectivity index (χ0v) is 23.3. The standard InChI is InChI=1S/C27H32FN5O6S/c1-3-30-14-16(2)32-22-21(24(34)23(32)27(30)36)26(35)31-15-17-7-8-18(28)13-20(17)39-11-5-4-6-12-40(37,38)33(19-9-10-19)25(22)29-31/h7-8,13,16,19,23H,3-6,9-12,14-15H2,1-2H3/t16-,23?/m0/s1. The number of benzene rings is 1. The van der Waals surface area contributed by atoms with E-state index in [1.54, 1.807) is 9.80 Å². The Bertz CT molecular complexity index is 1560. The molecule has 1 saturated heterocycles. The maximum atomic E-state index is 14.1. The molecular formula is C27H32FN5O6S. The molecule has 2 aromatic rings. The summed E-state index contributed by atoms with van der Waals surface area (Å²) in [5, 5.41) is 4.60. The number of anilines is 2. The molecule has 4 heterocycles. The molecule has 3 aliphatic heterocycles. The van der Waals surface area contributed by atoms with Gasteiger partial charge in [0.25, 0.3) is 11.5 Å². The Balaban J connectivity index is 1.60. The maximum absolute atomic E-state index is 14.1. The van der Waals surface area contributed by atoms with E-state index in [-0.39, 0.29) is 53.8 Å². The van der Waals surface area contributed by atoms with Crippen molar-refractivity contribution in [3.63, 3.8) is 0 Å². The van der Waals surface area contributed by atoms with Gasteiger partial charge >= 0.3 is 0 Å². The van der Waals surface area contributed by atoms with Crippen molar-refractivity contribution in [1.29, 1.82) is 0 Å². The van der Waals surface area contributed by atoms with Crippen LogP contribution in [0, 0.1) is 5.82 Å². The molecule has 40 heavy (non-hydrogen) atoms. The first-order chi connectivity index (χ1) is 19.1. The van der Waals surface area contributed by atoms with Gasteiger partial charge in [-0.3, -0.25) is 14.4 Å². The molecule has 1 saturated carbocycles. The number of ether oxygens (including phenoxy) is 1.